The highest BCUT2D eigenvalue weighted by molar-refractivity contribution is 5.33. The fourth-order valence-electron chi connectivity index (χ4n) is 5.17. The third-order valence-corrected chi connectivity index (χ3v) is 7.44. The molecule has 188 valence electrons. The first kappa shape index (κ1) is 25.3. The van der Waals surface area contributed by atoms with Crippen molar-refractivity contribution in [1.29, 1.82) is 0 Å². The summed E-state index contributed by atoms with van der Waals surface area (Å²) in [5, 5.41) is 3.62. The second-order valence-corrected chi connectivity index (χ2v) is 10.3. The zero-order valence-corrected chi connectivity index (χ0v) is 20.6. The van der Waals surface area contributed by atoms with Crippen LogP contribution in [0.25, 0.3) is 0 Å². The number of hydrogen-bond donors (Lipinski definition) is 0. The van der Waals surface area contributed by atoms with E-state index in [0.717, 1.165) is 42.4 Å². The molecule has 6 heteroatoms. The summed E-state index contributed by atoms with van der Waals surface area (Å²) < 4.78 is 40.9. The number of halogens is 3. The van der Waals surface area contributed by atoms with Gasteiger partial charge in [0.1, 0.15) is 5.69 Å². The van der Waals surface area contributed by atoms with E-state index in [1.807, 2.05) is 0 Å². The molecule has 0 N–H and O–H groups in total. The van der Waals surface area contributed by atoms with Crippen LogP contribution in [0.3, 0.4) is 0 Å². The van der Waals surface area contributed by atoms with Gasteiger partial charge in [0.05, 0.1) is 0 Å². The van der Waals surface area contributed by atoms with Gasteiger partial charge >= 0.3 is 0 Å². The van der Waals surface area contributed by atoms with E-state index in [-0.39, 0.29) is 5.56 Å². The lowest BCUT2D eigenvalue weighted by Gasteiger charge is -2.23. The molecule has 0 aliphatic heterocycles. The van der Waals surface area contributed by atoms with Gasteiger partial charge in [0.2, 0.25) is 5.95 Å². The van der Waals surface area contributed by atoms with E-state index in [9.17, 15) is 13.2 Å². The van der Waals surface area contributed by atoms with Gasteiger partial charge in [-0.1, -0.05) is 62.8 Å². The average Bonchev–Trinajstić information content (AvgIpc) is 3.74. The highest BCUT2D eigenvalue weighted by atomic mass is 19.3. The highest BCUT2D eigenvalue weighted by Crippen LogP contribution is 2.42. The Morgan fingerprint density at radius 3 is 2.24 bits per heavy atom. The summed E-state index contributed by atoms with van der Waals surface area (Å²) in [5.41, 5.74) is 2.84. The lowest BCUT2D eigenvalue weighted by Crippen LogP contribution is -2.27. The molecule has 0 saturated heterocycles. The van der Waals surface area contributed by atoms with Crippen molar-refractivity contribution in [3.63, 3.8) is 0 Å². The van der Waals surface area contributed by atoms with Crippen molar-refractivity contribution >= 4 is 0 Å². The lowest BCUT2D eigenvalue weighted by molar-refractivity contribution is 0.144. The molecule has 2 saturated carbocycles. The van der Waals surface area contributed by atoms with Crippen LogP contribution in [-0.2, 0) is 20.0 Å². The summed E-state index contributed by atoms with van der Waals surface area (Å²) >= 11 is 0. The van der Waals surface area contributed by atoms with E-state index in [4.69, 9.17) is 0 Å². The molecule has 0 amide bonds. The largest absolute Gasteiger partial charge is 0.296 e. The first-order chi connectivity index (χ1) is 16.5. The van der Waals surface area contributed by atoms with Gasteiger partial charge in [-0.15, -0.1) is 0 Å². The summed E-state index contributed by atoms with van der Waals surface area (Å²) in [5.74, 6) is 0.193. The number of aromatic nitrogens is 2. The maximum absolute atomic E-state index is 14.0. The molecule has 0 unspecified atom stereocenters. The maximum atomic E-state index is 14.0. The Kier molecular flexibility index (Phi) is 9.10. The Hall–Kier alpha value is -1.82. The number of alkyl halides is 2. The van der Waals surface area contributed by atoms with Crippen LogP contribution in [0.5, 0.6) is 0 Å². The molecule has 0 radical (unpaired) electrons. The van der Waals surface area contributed by atoms with E-state index >= 15 is 0 Å². The number of aryl methyl sites for hydroxylation is 1. The molecule has 0 bridgehead atoms. The molecular formula is C28H40F3N3. The molecule has 2 fully saturated rings. The molecule has 34 heavy (non-hydrogen) atoms. The SMILES string of the molecule is Cn1nc(C(F)F)c(CCCCCCCCCCN(Cc2ccccc2C2CC2)C2CC2)c1F. The fourth-order valence-corrected chi connectivity index (χ4v) is 5.17. The zero-order chi connectivity index (χ0) is 23.9. The molecule has 2 aliphatic carbocycles. The molecule has 1 heterocycles. The van der Waals surface area contributed by atoms with Crippen LogP contribution in [0.15, 0.2) is 24.3 Å². The minimum absolute atomic E-state index is 0.0949. The zero-order valence-electron chi connectivity index (χ0n) is 20.6. The Morgan fingerprint density at radius 1 is 0.941 bits per heavy atom. The summed E-state index contributed by atoms with van der Waals surface area (Å²) in [6, 6.07) is 9.85. The van der Waals surface area contributed by atoms with Gasteiger partial charge in [-0.2, -0.15) is 9.49 Å². The molecule has 2 aromatic rings. The van der Waals surface area contributed by atoms with Crippen molar-refractivity contribution < 1.29 is 13.2 Å². The summed E-state index contributed by atoms with van der Waals surface area (Å²) in [6.45, 7) is 2.31. The van der Waals surface area contributed by atoms with Gasteiger partial charge < -0.3 is 0 Å². The van der Waals surface area contributed by atoms with Crippen LogP contribution < -0.4 is 0 Å². The van der Waals surface area contributed by atoms with E-state index in [0.29, 0.717) is 6.42 Å². The monoisotopic (exact) mass is 475 g/mol. The third kappa shape index (κ3) is 7.10. The van der Waals surface area contributed by atoms with Crippen LogP contribution in [0.2, 0.25) is 0 Å². The molecule has 2 aliphatic rings. The van der Waals surface area contributed by atoms with E-state index in [1.165, 1.54) is 71.4 Å². The number of benzene rings is 1. The molecule has 3 nitrogen and oxygen atoms in total. The topological polar surface area (TPSA) is 21.1 Å². The van der Waals surface area contributed by atoms with Crippen LogP contribution in [0.1, 0.15) is 112 Å². The van der Waals surface area contributed by atoms with Crippen molar-refractivity contribution in [2.75, 3.05) is 6.54 Å². The Balaban J connectivity index is 1.07. The van der Waals surface area contributed by atoms with Gasteiger partial charge in [0.25, 0.3) is 6.43 Å². The third-order valence-electron chi connectivity index (χ3n) is 7.44. The minimum atomic E-state index is -2.71. The van der Waals surface area contributed by atoms with Crippen molar-refractivity contribution in [3.05, 3.63) is 52.6 Å². The second kappa shape index (κ2) is 12.2. The minimum Gasteiger partial charge on any atom is -0.296 e. The van der Waals surface area contributed by atoms with Gasteiger partial charge in [0.15, 0.2) is 0 Å². The normalized spacial score (nSPS) is 16.2. The molecular weight excluding hydrogens is 435 g/mol. The number of nitrogens with zero attached hydrogens (tertiary/aromatic N) is 3. The van der Waals surface area contributed by atoms with Crippen LogP contribution in [0, 0.1) is 5.95 Å². The number of hydrogen-bond acceptors (Lipinski definition) is 2. The molecule has 0 spiro atoms. The molecule has 4 rings (SSSR count). The summed E-state index contributed by atoms with van der Waals surface area (Å²) in [4.78, 5) is 2.71. The number of unbranched alkanes of at least 4 members (excludes halogenated alkanes) is 7. The summed E-state index contributed by atoms with van der Waals surface area (Å²) in [7, 11) is 1.38. The van der Waals surface area contributed by atoms with Crippen molar-refractivity contribution in [3.8, 4) is 0 Å². The lowest BCUT2D eigenvalue weighted by atomic mass is 10.0. The highest BCUT2D eigenvalue weighted by Gasteiger charge is 2.31. The quantitative estimate of drug-likeness (QED) is 0.232. The first-order valence-electron chi connectivity index (χ1n) is 13.4. The predicted octanol–water partition coefficient (Wildman–Crippen LogP) is 7.70. The van der Waals surface area contributed by atoms with E-state index in [2.05, 4.69) is 34.3 Å². The average molecular weight is 476 g/mol. The van der Waals surface area contributed by atoms with Crippen LogP contribution in [-0.4, -0.2) is 27.3 Å². The van der Waals surface area contributed by atoms with Crippen LogP contribution >= 0.6 is 0 Å². The Labute approximate surface area is 202 Å². The molecule has 0 atom stereocenters. The standard InChI is InChI=1S/C28H40F3N3/c1-33-28(31)25(26(32-33)27(29)30)14-8-6-4-2-3-5-7-11-19-34(23-17-18-23)20-22-12-9-10-13-24(22)21-15-16-21/h9-10,12-13,21,23,27H,2-8,11,14-20H2,1H3. The Morgan fingerprint density at radius 2 is 1.59 bits per heavy atom. The molecule has 1 aromatic carbocycles. The smallest absolute Gasteiger partial charge is 0.282 e. The van der Waals surface area contributed by atoms with Crippen molar-refractivity contribution in [2.45, 2.75) is 108 Å². The van der Waals surface area contributed by atoms with Gasteiger partial charge in [-0.3, -0.25) is 4.90 Å². The first-order valence-corrected chi connectivity index (χ1v) is 13.4. The number of rotatable bonds is 16. The van der Waals surface area contributed by atoms with Crippen molar-refractivity contribution in [2.24, 2.45) is 7.05 Å². The van der Waals surface area contributed by atoms with Gasteiger partial charge in [0, 0.05) is 25.2 Å². The van der Waals surface area contributed by atoms with Gasteiger partial charge in [-0.25, -0.2) is 13.5 Å². The van der Waals surface area contributed by atoms with Crippen molar-refractivity contribution in [1.82, 2.24) is 14.7 Å². The van der Waals surface area contributed by atoms with E-state index < -0.39 is 18.1 Å². The fraction of sp³-hybridized carbons (Fsp3) is 0.679. The predicted molar refractivity (Wildman–Crippen MR) is 131 cm³/mol. The maximum Gasteiger partial charge on any atom is 0.282 e. The van der Waals surface area contributed by atoms with E-state index in [1.54, 1.807) is 11.1 Å². The van der Waals surface area contributed by atoms with Crippen LogP contribution in [0.4, 0.5) is 13.2 Å². The molecule has 1 aromatic heterocycles. The van der Waals surface area contributed by atoms with Gasteiger partial charge in [-0.05, 0) is 68.5 Å². The second-order valence-electron chi connectivity index (χ2n) is 10.3. The summed E-state index contributed by atoms with van der Waals surface area (Å²) in [6.07, 6.45) is 12.0. The Bertz CT molecular complexity index is 902.